The summed E-state index contributed by atoms with van der Waals surface area (Å²) < 4.78 is 1.00. The summed E-state index contributed by atoms with van der Waals surface area (Å²) in [5, 5.41) is 0. The van der Waals surface area contributed by atoms with E-state index >= 15 is 0 Å². The summed E-state index contributed by atoms with van der Waals surface area (Å²) in [7, 11) is 8.50. The van der Waals surface area contributed by atoms with E-state index in [-0.39, 0.29) is 18.9 Å². The molecule has 0 amide bonds. The molecule has 0 N–H and O–H groups in total. The summed E-state index contributed by atoms with van der Waals surface area (Å²) in [5.41, 5.74) is 0. The van der Waals surface area contributed by atoms with Crippen LogP contribution in [0.2, 0.25) is 0 Å². The predicted molar refractivity (Wildman–Crippen MR) is 31.1 cm³/mol. The fraction of sp³-hybridized carbons (Fsp3) is 1.00. The summed E-state index contributed by atoms with van der Waals surface area (Å²) in [6.45, 7) is 0. The van der Waals surface area contributed by atoms with Crippen molar-refractivity contribution >= 4 is 18.9 Å². The van der Waals surface area contributed by atoms with Gasteiger partial charge in [-0.25, -0.2) is 0 Å². The van der Waals surface area contributed by atoms with Gasteiger partial charge in [0.15, 0.2) is 0 Å². The van der Waals surface area contributed by atoms with Crippen molar-refractivity contribution < 1.29 is 4.48 Å². The third-order valence-electron chi connectivity index (χ3n) is 0. The Bertz CT molecular complexity index is 23.0. The van der Waals surface area contributed by atoms with Crippen LogP contribution in [-0.4, -0.2) is 51.5 Å². The molecule has 0 heterocycles. The van der Waals surface area contributed by atoms with E-state index in [1.54, 1.807) is 0 Å². The minimum atomic E-state index is 0. The summed E-state index contributed by atoms with van der Waals surface area (Å²) in [5.74, 6) is 0. The van der Waals surface area contributed by atoms with Crippen LogP contribution in [0.4, 0.5) is 0 Å². The molecular formula is C4H13LiN+. The predicted octanol–water partition coefficient (Wildman–Crippen LogP) is -0.326. The number of rotatable bonds is 0. The van der Waals surface area contributed by atoms with Gasteiger partial charge in [0.05, 0.1) is 28.2 Å². The molecule has 0 bridgehead atoms. The molecule has 2 heteroatoms. The molecule has 6 heavy (non-hydrogen) atoms. The van der Waals surface area contributed by atoms with Crippen molar-refractivity contribution in [3.8, 4) is 0 Å². The molecule has 1 nitrogen and oxygen atoms in total. The first-order valence-corrected chi connectivity index (χ1v) is 1.79. The van der Waals surface area contributed by atoms with Crippen LogP contribution in [0.1, 0.15) is 0 Å². The Morgan fingerprint density at radius 3 is 0.833 bits per heavy atom. The van der Waals surface area contributed by atoms with Crippen LogP contribution in [0, 0.1) is 0 Å². The van der Waals surface area contributed by atoms with E-state index in [0.29, 0.717) is 0 Å². The second kappa shape index (κ2) is 2.68. The molecule has 0 aliphatic rings. The van der Waals surface area contributed by atoms with Crippen molar-refractivity contribution in [2.24, 2.45) is 0 Å². The maximum absolute atomic E-state index is 2.12. The molecule has 0 saturated carbocycles. The molecule has 0 spiro atoms. The zero-order valence-electron chi connectivity index (χ0n) is 4.45. The van der Waals surface area contributed by atoms with Gasteiger partial charge in [0, 0.05) is 0 Å². The Balaban J connectivity index is 0. The molecule has 0 aromatic rings. The van der Waals surface area contributed by atoms with E-state index in [1.807, 2.05) is 0 Å². The molecule has 34 valence electrons. The van der Waals surface area contributed by atoms with E-state index in [0.717, 1.165) is 4.48 Å². The van der Waals surface area contributed by atoms with Crippen molar-refractivity contribution in [1.29, 1.82) is 0 Å². The van der Waals surface area contributed by atoms with Crippen molar-refractivity contribution in [1.82, 2.24) is 0 Å². The first-order valence-electron chi connectivity index (χ1n) is 1.79. The van der Waals surface area contributed by atoms with Gasteiger partial charge in [-0.15, -0.1) is 0 Å². The van der Waals surface area contributed by atoms with Crippen LogP contribution in [0.15, 0.2) is 0 Å². The quantitative estimate of drug-likeness (QED) is 0.277. The van der Waals surface area contributed by atoms with Crippen molar-refractivity contribution in [2.45, 2.75) is 0 Å². The summed E-state index contributed by atoms with van der Waals surface area (Å²) >= 11 is 0. The molecule has 0 aromatic carbocycles. The third kappa shape index (κ3) is 186. The normalized spacial score (nSPS) is 10.0. The van der Waals surface area contributed by atoms with Gasteiger partial charge in [-0.2, -0.15) is 0 Å². The summed E-state index contributed by atoms with van der Waals surface area (Å²) in [6, 6.07) is 0. The van der Waals surface area contributed by atoms with E-state index in [2.05, 4.69) is 28.2 Å². The van der Waals surface area contributed by atoms with Crippen molar-refractivity contribution in [3.63, 3.8) is 0 Å². The monoisotopic (exact) mass is 82.1 g/mol. The first kappa shape index (κ1) is 9.75. The Morgan fingerprint density at radius 1 is 0.833 bits per heavy atom. The standard InChI is InChI=1S/C4H12N.Li.H/c1-5(2,3)4;;/h1-4H3;;/q+1;;. The van der Waals surface area contributed by atoms with Gasteiger partial charge in [0.1, 0.15) is 0 Å². The van der Waals surface area contributed by atoms with Crippen molar-refractivity contribution in [3.05, 3.63) is 0 Å². The first-order chi connectivity index (χ1) is 2.00. The molecule has 0 aliphatic heterocycles. The molecule has 0 radical (unpaired) electrons. The Labute approximate surface area is 52.1 Å². The molecule has 0 fully saturated rings. The van der Waals surface area contributed by atoms with E-state index in [9.17, 15) is 0 Å². The van der Waals surface area contributed by atoms with Crippen LogP contribution in [0.25, 0.3) is 0 Å². The van der Waals surface area contributed by atoms with Gasteiger partial charge in [-0.3, -0.25) is 0 Å². The summed E-state index contributed by atoms with van der Waals surface area (Å²) in [4.78, 5) is 0. The zero-order valence-corrected chi connectivity index (χ0v) is 4.45. The SMILES string of the molecule is C[N+](C)(C)C.[LiH]. The van der Waals surface area contributed by atoms with Crippen LogP contribution >= 0.6 is 0 Å². The van der Waals surface area contributed by atoms with E-state index < -0.39 is 0 Å². The molecule has 0 aliphatic carbocycles. The second-order valence-corrected chi connectivity index (χ2v) is 2.68. The zero-order chi connectivity index (χ0) is 4.50. The molecule has 0 atom stereocenters. The average Bonchev–Trinajstić information content (AvgIpc) is 0.722. The van der Waals surface area contributed by atoms with Crippen LogP contribution in [-0.2, 0) is 0 Å². The fourth-order valence-electron chi connectivity index (χ4n) is 0. The molecule has 0 aromatic heterocycles. The van der Waals surface area contributed by atoms with Gasteiger partial charge in [0.25, 0.3) is 0 Å². The van der Waals surface area contributed by atoms with Crippen LogP contribution in [0.5, 0.6) is 0 Å². The minimum absolute atomic E-state index is 0. The third-order valence-corrected chi connectivity index (χ3v) is 0. The van der Waals surface area contributed by atoms with E-state index in [4.69, 9.17) is 0 Å². The van der Waals surface area contributed by atoms with Gasteiger partial charge in [-0.05, 0) is 0 Å². The number of nitrogens with zero attached hydrogens (tertiary/aromatic N) is 1. The maximum atomic E-state index is 2.12. The Hall–Kier alpha value is 0.557. The van der Waals surface area contributed by atoms with Gasteiger partial charge < -0.3 is 4.48 Å². The Kier molecular flexibility index (Phi) is 4.36. The molecular weight excluding hydrogens is 69.0 g/mol. The van der Waals surface area contributed by atoms with Crippen LogP contribution in [0.3, 0.4) is 0 Å². The Morgan fingerprint density at radius 2 is 0.833 bits per heavy atom. The number of hydrogen-bond donors (Lipinski definition) is 0. The van der Waals surface area contributed by atoms with Gasteiger partial charge in [0.2, 0.25) is 0 Å². The molecule has 0 unspecified atom stereocenters. The average molecular weight is 82.1 g/mol. The topological polar surface area (TPSA) is 0 Å². The fourth-order valence-corrected chi connectivity index (χ4v) is 0. The van der Waals surface area contributed by atoms with Crippen LogP contribution < -0.4 is 0 Å². The number of hydrogen-bond acceptors (Lipinski definition) is 0. The molecule has 0 saturated heterocycles. The molecule has 0 rings (SSSR count). The second-order valence-electron chi connectivity index (χ2n) is 2.68. The van der Waals surface area contributed by atoms with Gasteiger partial charge in [-0.1, -0.05) is 0 Å². The van der Waals surface area contributed by atoms with Crippen molar-refractivity contribution in [2.75, 3.05) is 28.2 Å². The van der Waals surface area contributed by atoms with Gasteiger partial charge >= 0.3 is 18.9 Å². The summed E-state index contributed by atoms with van der Waals surface area (Å²) in [6.07, 6.45) is 0. The van der Waals surface area contributed by atoms with E-state index in [1.165, 1.54) is 0 Å². The number of quaternary nitrogens is 1.